The summed E-state index contributed by atoms with van der Waals surface area (Å²) in [4.78, 5) is 25.0. The lowest BCUT2D eigenvalue weighted by atomic mass is 10.0. The van der Waals surface area contributed by atoms with Gasteiger partial charge in [-0.05, 0) is 36.8 Å². The van der Waals surface area contributed by atoms with Gasteiger partial charge in [0.25, 0.3) is 0 Å². The third-order valence-electron chi connectivity index (χ3n) is 5.51. The van der Waals surface area contributed by atoms with Crippen LogP contribution in [0.1, 0.15) is 70.3 Å². The smallest absolute Gasteiger partial charge is 0.228 e. The third kappa shape index (κ3) is 4.62. The van der Waals surface area contributed by atoms with E-state index < -0.39 is 0 Å². The van der Waals surface area contributed by atoms with Crippen LogP contribution in [0.4, 0.5) is 5.69 Å². The Bertz CT molecular complexity index is 618. The fourth-order valence-corrected chi connectivity index (χ4v) is 3.85. The Labute approximate surface area is 150 Å². The molecule has 1 aromatic rings. The maximum Gasteiger partial charge on any atom is 0.228 e. The number of para-hydroxylation sites is 1. The van der Waals surface area contributed by atoms with E-state index in [2.05, 4.69) is 24.5 Å². The molecule has 0 radical (unpaired) electrons. The molecule has 2 fully saturated rings. The van der Waals surface area contributed by atoms with Crippen LogP contribution in [0.25, 0.3) is 0 Å². The molecule has 2 N–H and O–H groups in total. The normalized spacial score (nSPS) is 23.8. The van der Waals surface area contributed by atoms with Crippen molar-refractivity contribution < 1.29 is 9.59 Å². The summed E-state index contributed by atoms with van der Waals surface area (Å²) in [5.41, 5.74) is 2.01. The van der Waals surface area contributed by atoms with Gasteiger partial charge in [0.2, 0.25) is 11.8 Å². The Morgan fingerprint density at radius 1 is 0.960 bits per heavy atom. The summed E-state index contributed by atoms with van der Waals surface area (Å²) in [6.07, 6.45) is 7.78. The Balaban J connectivity index is 1.52. The highest BCUT2D eigenvalue weighted by Gasteiger charge is 2.48. The number of nitrogens with one attached hydrogen (secondary N) is 2. The van der Waals surface area contributed by atoms with E-state index in [-0.39, 0.29) is 23.7 Å². The van der Waals surface area contributed by atoms with Crippen molar-refractivity contribution in [2.75, 3.05) is 5.32 Å². The van der Waals surface area contributed by atoms with Crippen molar-refractivity contribution in [1.82, 2.24) is 5.32 Å². The largest absolute Gasteiger partial charge is 0.353 e. The maximum atomic E-state index is 12.5. The van der Waals surface area contributed by atoms with Gasteiger partial charge in [0.15, 0.2) is 0 Å². The minimum atomic E-state index is -0.175. The first-order valence-corrected chi connectivity index (χ1v) is 9.76. The van der Waals surface area contributed by atoms with E-state index in [0.29, 0.717) is 18.4 Å². The first-order chi connectivity index (χ1) is 12.1. The first kappa shape index (κ1) is 18.0. The zero-order chi connectivity index (χ0) is 17.8. The second kappa shape index (κ2) is 8.03. The van der Waals surface area contributed by atoms with Gasteiger partial charge in [-0.15, -0.1) is 0 Å². The summed E-state index contributed by atoms with van der Waals surface area (Å²) in [7, 11) is 0. The van der Waals surface area contributed by atoms with Crippen LogP contribution in [-0.4, -0.2) is 17.9 Å². The summed E-state index contributed by atoms with van der Waals surface area (Å²) in [5.74, 6) is 0.0869. The molecule has 4 heteroatoms. The second-order valence-electron chi connectivity index (χ2n) is 7.88. The van der Waals surface area contributed by atoms with Gasteiger partial charge < -0.3 is 10.6 Å². The molecule has 3 rings (SSSR count). The van der Waals surface area contributed by atoms with Crippen LogP contribution in [0.5, 0.6) is 0 Å². The minimum absolute atomic E-state index is 0.0193. The van der Waals surface area contributed by atoms with Crippen LogP contribution in [0, 0.1) is 11.8 Å². The van der Waals surface area contributed by atoms with Crippen LogP contribution in [-0.2, 0) is 9.59 Å². The van der Waals surface area contributed by atoms with Crippen molar-refractivity contribution in [3.05, 3.63) is 29.8 Å². The molecule has 0 heterocycles. The fourth-order valence-electron chi connectivity index (χ4n) is 3.85. The Morgan fingerprint density at radius 2 is 1.60 bits per heavy atom. The number of carbonyl (C=O) groups excluding carboxylic acids is 2. The van der Waals surface area contributed by atoms with Gasteiger partial charge in [-0.2, -0.15) is 0 Å². The average Bonchev–Trinajstić information content (AvgIpc) is 3.40. The molecule has 2 unspecified atom stereocenters. The summed E-state index contributed by atoms with van der Waals surface area (Å²) >= 11 is 0. The first-order valence-electron chi connectivity index (χ1n) is 9.76. The van der Waals surface area contributed by atoms with E-state index in [0.717, 1.165) is 24.1 Å². The molecule has 0 aliphatic heterocycles. The number of carbonyl (C=O) groups is 2. The highest BCUT2D eigenvalue weighted by atomic mass is 16.2. The summed E-state index contributed by atoms with van der Waals surface area (Å²) in [6, 6.07) is 8.22. The van der Waals surface area contributed by atoms with E-state index in [1.807, 2.05) is 24.3 Å². The molecule has 1 aromatic carbocycles. The van der Waals surface area contributed by atoms with Gasteiger partial charge >= 0.3 is 0 Å². The molecular weight excluding hydrogens is 312 g/mol. The molecule has 0 bridgehead atoms. The maximum absolute atomic E-state index is 12.5. The lowest BCUT2D eigenvalue weighted by molar-refractivity contribution is -0.125. The molecule has 4 nitrogen and oxygen atoms in total. The molecule has 2 aliphatic rings. The van der Waals surface area contributed by atoms with Gasteiger partial charge in [0.1, 0.15) is 0 Å². The number of hydrogen-bond acceptors (Lipinski definition) is 2. The third-order valence-corrected chi connectivity index (χ3v) is 5.51. The van der Waals surface area contributed by atoms with Crippen LogP contribution < -0.4 is 10.6 Å². The van der Waals surface area contributed by atoms with Gasteiger partial charge in [-0.3, -0.25) is 9.59 Å². The molecule has 2 saturated carbocycles. The number of hydrogen-bond donors (Lipinski definition) is 2. The Hall–Kier alpha value is -1.84. The van der Waals surface area contributed by atoms with Gasteiger partial charge in [-0.25, -0.2) is 0 Å². The highest BCUT2D eigenvalue weighted by Crippen LogP contribution is 2.40. The van der Waals surface area contributed by atoms with E-state index >= 15 is 0 Å². The van der Waals surface area contributed by atoms with Crippen LogP contribution in [0.3, 0.4) is 0 Å². The Kier molecular flexibility index (Phi) is 5.77. The Morgan fingerprint density at radius 3 is 2.28 bits per heavy atom. The van der Waals surface area contributed by atoms with Crippen molar-refractivity contribution >= 4 is 17.5 Å². The zero-order valence-electron chi connectivity index (χ0n) is 15.4. The lowest BCUT2D eigenvalue weighted by Gasteiger charge is -2.16. The topological polar surface area (TPSA) is 58.2 Å². The van der Waals surface area contributed by atoms with E-state index in [1.54, 1.807) is 0 Å². The highest BCUT2D eigenvalue weighted by molar-refractivity contribution is 6.00. The molecule has 2 atom stereocenters. The molecule has 2 aliphatic carbocycles. The van der Waals surface area contributed by atoms with E-state index in [9.17, 15) is 9.59 Å². The fraction of sp³-hybridized carbons (Fsp3) is 0.619. The van der Waals surface area contributed by atoms with E-state index in [1.165, 1.54) is 25.7 Å². The van der Waals surface area contributed by atoms with Crippen molar-refractivity contribution in [2.24, 2.45) is 11.8 Å². The standard InChI is InChI=1S/C21H30N2O2/c1-14(2)16-11-7-8-12-19(16)23-21(25)18-13-17(18)20(24)22-15-9-5-3-4-6-10-15/h7-8,11-12,14-15,17-18H,3-6,9-10,13H2,1-2H3,(H,22,24)(H,23,25). The zero-order valence-corrected chi connectivity index (χ0v) is 15.4. The van der Waals surface area contributed by atoms with Crippen LogP contribution in [0.15, 0.2) is 24.3 Å². The minimum Gasteiger partial charge on any atom is -0.353 e. The molecule has 136 valence electrons. The van der Waals surface area contributed by atoms with Gasteiger partial charge in [0.05, 0.1) is 11.8 Å². The van der Waals surface area contributed by atoms with E-state index in [4.69, 9.17) is 0 Å². The molecule has 0 saturated heterocycles. The van der Waals surface area contributed by atoms with Gasteiger partial charge in [-0.1, -0.05) is 57.7 Å². The van der Waals surface area contributed by atoms with Crippen molar-refractivity contribution in [3.8, 4) is 0 Å². The van der Waals surface area contributed by atoms with Crippen molar-refractivity contribution in [2.45, 2.75) is 70.8 Å². The SMILES string of the molecule is CC(C)c1ccccc1NC(=O)C1CC1C(=O)NC1CCCCCC1. The summed E-state index contributed by atoms with van der Waals surface area (Å²) < 4.78 is 0. The number of amides is 2. The molecule has 25 heavy (non-hydrogen) atoms. The molecule has 0 spiro atoms. The molecule has 2 amide bonds. The molecular formula is C21H30N2O2. The number of anilines is 1. The summed E-state index contributed by atoms with van der Waals surface area (Å²) in [6.45, 7) is 4.23. The predicted octanol–water partition coefficient (Wildman–Crippen LogP) is 4.22. The van der Waals surface area contributed by atoms with Crippen LogP contribution in [0.2, 0.25) is 0 Å². The second-order valence-corrected chi connectivity index (χ2v) is 7.88. The van der Waals surface area contributed by atoms with Crippen molar-refractivity contribution in [1.29, 1.82) is 0 Å². The lowest BCUT2D eigenvalue weighted by Crippen LogP contribution is -2.36. The monoisotopic (exact) mass is 342 g/mol. The average molecular weight is 342 g/mol. The quantitative estimate of drug-likeness (QED) is 0.787. The number of benzene rings is 1. The molecule has 0 aromatic heterocycles. The summed E-state index contributed by atoms with van der Waals surface area (Å²) in [5, 5.41) is 6.21. The van der Waals surface area contributed by atoms with Crippen LogP contribution >= 0.6 is 0 Å². The predicted molar refractivity (Wildman–Crippen MR) is 100 cm³/mol. The van der Waals surface area contributed by atoms with Crippen molar-refractivity contribution in [3.63, 3.8) is 0 Å². The van der Waals surface area contributed by atoms with Gasteiger partial charge in [0, 0.05) is 11.7 Å². The number of rotatable bonds is 5.